The third kappa shape index (κ3) is 9.15. The number of hydrogen-bond acceptors (Lipinski definition) is 11. The average Bonchev–Trinajstić information content (AvgIpc) is 4.07. The first-order chi connectivity index (χ1) is 28.6. The lowest BCUT2D eigenvalue weighted by Crippen LogP contribution is -2.30. The van der Waals surface area contributed by atoms with Crippen molar-refractivity contribution in [3.63, 3.8) is 0 Å². The predicted octanol–water partition coefficient (Wildman–Crippen LogP) is 9.61. The number of nitrogens with zero attached hydrogens (tertiary/aromatic N) is 6. The van der Waals surface area contributed by atoms with Crippen molar-refractivity contribution in [2.45, 2.75) is 83.8 Å². The van der Waals surface area contributed by atoms with E-state index in [-0.39, 0.29) is 30.2 Å². The van der Waals surface area contributed by atoms with Crippen LogP contribution in [-0.4, -0.2) is 56.1 Å². The van der Waals surface area contributed by atoms with Crippen LogP contribution in [0.1, 0.15) is 74.9 Å². The lowest BCUT2D eigenvalue weighted by Gasteiger charge is -2.16. The van der Waals surface area contributed by atoms with Gasteiger partial charge < -0.3 is 34.7 Å². The van der Waals surface area contributed by atoms with Gasteiger partial charge in [-0.25, -0.2) is 9.69 Å². The number of benzene rings is 4. The molecule has 0 amide bonds. The standard InChI is InChI=1S/C24H25ClN4O3.C21H20N4O2/c1-14(2)31-22-10-7-15(11-21(22)26-3)24-28-23(29-32-24)19-6-4-5-18-17(19)8-9-20(18)27-13-16(30)12-25;1-12(2)26-19-10-7-13(11-18(19)23-3)21-24-20(25-27-21)16-6-4-5-15-14(16)8-9-17(15)22/h4-7,10-11,14,16,20,27,30H,8-9,12-13H2,1-2H3;4-7,10-12,17H,8-9,22H2,1-2H3/t16?,20-;17-/m11/s1. The molecule has 0 spiro atoms. The molecule has 8 rings (SSSR count). The Hall–Kier alpha value is -6.09. The molecule has 2 aliphatic rings. The minimum absolute atomic E-state index is 0.00194. The molecular weight excluding hydrogens is 768 g/mol. The Morgan fingerprint density at radius 2 is 1.29 bits per heavy atom. The first-order valence-electron chi connectivity index (χ1n) is 19.6. The molecular formula is C45H45ClN8O5. The number of aliphatic hydroxyl groups is 1. The van der Waals surface area contributed by atoms with E-state index in [2.05, 4.69) is 47.4 Å². The van der Waals surface area contributed by atoms with Crippen molar-refractivity contribution in [2.24, 2.45) is 5.73 Å². The summed E-state index contributed by atoms with van der Waals surface area (Å²) in [6, 6.07) is 22.9. The molecule has 2 aromatic heterocycles. The molecule has 2 heterocycles. The quantitative estimate of drug-likeness (QED) is 0.0797. The molecule has 0 saturated heterocycles. The van der Waals surface area contributed by atoms with Gasteiger partial charge in [-0.3, -0.25) is 0 Å². The Kier molecular flexibility index (Phi) is 12.7. The summed E-state index contributed by atoms with van der Waals surface area (Å²) in [5, 5.41) is 21.5. The van der Waals surface area contributed by atoms with Gasteiger partial charge in [0, 0.05) is 46.8 Å². The topological polar surface area (TPSA) is 163 Å². The second-order valence-corrected chi connectivity index (χ2v) is 15.3. The number of aliphatic hydroxyl groups excluding tert-OH is 1. The van der Waals surface area contributed by atoms with Crippen molar-refractivity contribution in [3.8, 4) is 57.2 Å². The minimum Gasteiger partial charge on any atom is -0.502 e. The van der Waals surface area contributed by atoms with E-state index in [9.17, 15) is 5.11 Å². The minimum atomic E-state index is -0.568. The summed E-state index contributed by atoms with van der Waals surface area (Å²) in [6.07, 6.45) is 3.07. The van der Waals surface area contributed by atoms with E-state index in [1.165, 1.54) is 16.7 Å². The van der Waals surface area contributed by atoms with Crippen molar-refractivity contribution in [1.29, 1.82) is 0 Å². The van der Waals surface area contributed by atoms with E-state index in [0.29, 0.717) is 64.0 Å². The average molecular weight is 813 g/mol. The van der Waals surface area contributed by atoms with Crippen LogP contribution in [0.5, 0.6) is 11.5 Å². The smallest absolute Gasteiger partial charge is 0.256 e. The fourth-order valence-corrected chi connectivity index (χ4v) is 7.50. The second kappa shape index (κ2) is 18.2. The third-order valence-corrected chi connectivity index (χ3v) is 10.4. The number of aromatic nitrogens is 4. The molecule has 0 saturated carbocycles. The largest absolute Gasteiger partial charge is 0.502 e. The fraction of sp³-hybridized carbons (Fsp3) is 0.333. The van der Waals surface area contributed by atoms with Gasteiger partial charge in [0.15, 0.2) is 0 Å². The van der Waals surface area contributed by atoms with Crippen molar-refractivity contribution in [2.75, 3.05) is 12.4 Å². The third-order valence-electron chi connectivity index (χ3n) is 10.1. The molecule has 0 aliphatic heterocycles. The summed E-state index contributed by atoms with van der Waals surface area (Å²) >= 11 is 5.71. The first kappa shape index (κ1) is 41.1. The summed E-state index contributed by atoms with van der Waals surface area (Å²) in [6.45, 7) is 23.0. The Balaban J connectivity index is 0.000000181. The van der Waals surface area contributed by atoms with Gasteiger partial charge in [0.1, 0.15) is 11.5 Å². The van der Waals surface area contributed by atoms with Crippen LogP contribution < -0.4 is 20.5 Å². The highest BCUT2D eigenvalue weighted by Gasteiger charge is 2.27. The van der Waals surface area contributed by atoms with Crippen LogP contribution in [0.15, 0.2) is 81.8 Å². The fourth-order valence-electron chi connectivity index (χ4n) is 7.39. The Morgan fingerprint density at radius 3 is 1.80 bits per heavy atom. The second-order valence-electron chi connectivity index (χ2n) is 15.0. The zero-order valence-electron chi connectivity index (χ0n) is 33.3. The van der Waals surface area contributed by atoms with E-state index < -0.39 is 6.10 Å². The van der Waals surface area contributed by atoms with Gasteiger partial charge in [0.2, 0.25) is 23.0 Å². The molecule has 14 heteroatoms. The molecule has 2 aliphatic carbocycles. The van der Waals surface area contributed by atoms with Gasteiger partial charge in [-0.05, 0) is 112 Å². The summed E-state index contributed by atoms with van der Waals surface area (Å²) < 4.78 is 22.4. The number of ether oxygens (including phenoxy) is 2. The monoisotopic (exact) mass is 812 g/mol. The van der Waals surface area contributed by atoms with Gasteiger partial charge in [-0.1, -0.05) is 46.7 Å². The van der Waals surface area contributed by atoms with Gasteiger partial charge in [0.05, 0.1) is 31.5 Å². The molecule has 1 unspecified atom stereocenters. The Bertz CT molecular complexity index is 2520. The molecule has 6 aromatic rings. The van der Waals surface area contributed by atoms with Gasteiger partial charge in [0.25, 0.3) is 11.8 Å². The van der Waals surface area contributed by atoms with E-state index in [1.54, 1.807) is 24.3 Å². The van der Waals surface area contributed by atoms with E-state index in [0.717, 1.165) is 42.4 Å². The van der Waals surface area contributed by atoms with Crippen LogP contribution in [0.2, 0.25) is 0 Å². The molecule has 0 fully saturated rings. The van der Waals surface area contributed by atoms with Crippen molar-refractivity contribution in [3.05, 3.63) is 118 Å². The lowest BCUT2D eigenvalue weighted by molar-refractivity contribution is 0.189. The highest BCUT2D eigenvalue weighted by molar-refractivity contribution is 6.18. The summed E-state index contributed by atoms with van der Waals surface area (Å²) in [5.74, 6) is 3.10. The van der Waals surface area contributed by atoms with Gasteiger partial charge >= 0.3 is 0 Å². The maximum Gasteiger partial charge on any atom is 0.256 e. The number of nitrogens with one attached hydrogen (secondary N) is 1. The van der Waals surface area contributed by atoms with Crippen LogP contribution in [-0.2, 0) is 12.8 Å². The van der Waals surface area contributed by atoms with Gasteiger partial charge in [-0.15, -0.1) is 11.6 Å². The Labute approximate surface area is 348 Å². The van der Waals surface area contributed by atoms with Crippen molar-refractivity contribution in [1.82, 2.24) is 25.6 Å². The molecule has 3 atom stereocenters. The number of nitrogens with two attached hydrogens (primary N) is 1. The summed E-state index contributed by atoms with van der Waals surface area (Å²) in [4.78, 5) is 16.3. The maximum absolute atomic E-state index is 9.75. The number of fused-ring (bicyclic) bond motifs is 2. The summed E-state index contributed by atoms with van der Waals surface area (Å²) in [7, 11) is 0. The van der Waals surface area contributed by atoms with E-state index in [1.807, 2.05) is 64.1 Å². The Morgan fingerprint density at radius 1 is 0.780 bits per heavy atom. The van der Waals surface area contributed by atoms with Crippen LogP contribution in [0.4, 0.5) is 11.4 Å². The molecule has 0 radical (unpaired) electrons. The zero-order valence-corrected chi connectivity index (χ0v) is 34.0. The van der Waals surface area contributed by atoms with Crippen LogP contribution in [0.25, 0.3) is 55.4 Å². The normalized spacial score (nSPS) is 15.8. The summed E-state index contributed by atoms with van der Waals surface area (Å²) in [5.41, 5.74) is 15.0. The van der Waals surface area contributed by atoms with E-state index in [4.69, 9.17) is 49.0 Å². The maximum atomic E-state index is 9.75. The molecule has 0 bridgehead atoms. The van der Waals surface area contributed by atoms with Crippen molar-refractivity contribution < 1.29 is 23.6 Å². The SMILES string of the molecule is [C-]#[N+]c1cc(-c2nc(-c3cccc4c3CC[C@H]4N)no2)ccc1OC(C)C.[C-]#[N+]c1cc(-c2nc(-c3cccc4c3CC[C@H]4NCC(O)CCl)no2)ccc1OC(C)C. The van der Waals surface area contributed by atoms with Crippen molar-refractivity contribution >= 4 is 23.0 Å². The van der Waals surface area contributed by atoms with Gasteiger partial charge in [-0.2, -0.15) is 9.97 Å². The molecule has 13 nitrogen and oxygen atoms in total. The number of rotatable bonds is 12. The predicted molar refractivity (Wildman–Crippen MR) is 225 cm³/mol. The lowest BCUT2D eigenvalue weighted by atomic mass is 10.0. The van der Waals surface area contributed by atoms with Crippen LogP contribution in [0, 0.1) is 13.1 Å². The highest BCUT2D eigenvalue weighted by Crippen LogP contribution is 2.40. The molecule has 4 N–H and O–H groups in total. The number of halogens is 1. The molecule has 302 valence electrons. The van der Waals surface area contributed by atoms with Crippen LogP contribution in [0.3, 0.4) is 0 Å². The van der Waals surface area contributed by atoms with E-state index >= 15 is 0 Å². The number of alkyl halides is 1. The van der Waals surface area contributed by atoms with Crippen LogP contribution >= 0.6 is 11.6 Å². The zero-order chi connectivity index (χ0) is 41.6. The molecule has 59 heavy (non-hydrogen) atoms. The first-order valence-corrected chi connectivity index (χ1v) is 20.1. The number of hydrogen-bond donors (Lipinski definition) is 3. The molecule has 4 aromatic carbocycles. The highest BCUT2D eigenvalue weighted by atomic mass is 35.5.